The predicted molar refractivity (Wildman–Crippen MR) is 146 cm³/mol. The van der Waals surface area contributed by atoms with Crippen LogP contribution >= 0.6 is 0 Å². The molecule has 4 rings (SSSR count). The van der Waals surface area contributed by atoms with Crippen molar-refractivity contribution in [2.45, 2.75) is 48.7 Å². The third-order valence-corrected chi connectivity index (χ3v) is 7.49. The Labute approximate surface area is 218 Å². The molecule has 0 bridgehead atoms. The van der Waals surface area contributed by atoms with Crippen molar-refractivity contribution in [2.75, 3.05) is 0 Å². The molecule has 0 heterocycles. The second-order valence-electron chi connectivity index (χ2n) is 10.1. The van der Waals surface area contributed by atoms with Gasteiger partial charge in [-0.25, -0.2) is 8.42 Å². The standard InChI is InChI=1S/C30H32N2O4S/c1-29(2,31)23-9-17-27(18-10-23)37(33,34)28-19-15-25(16-20-28)35-24-11-5-21(6-12-24)22-7-13-26(14-8-22)36-30(3,4)32/h5-20H,31-32H2,1-4H3. The molecule has 0 atom stereocenters. The molecular weight excluding hydrogens is 484 g/mol. The first-order valence-corrected chi connectivity index (χ1v) is 13.4. The van der Waals surface area contributed by atoms with Gasteiger partial charge in [0.1, 0.15) is 17.2 Å². The first-order chi connectivity index (χ1) is 17.3. The molecule has 4 aromatic carbocycles. The Balaban J connectivity index is 1.43. The summed E-state index contributed by atoms with van der Waals surface area (Å²) < 4.78 is 37.7. The average Bonchev–Trinajstić information content (AvgIpc) is 2.84. The van der Waals surface area contributed by atoms with Gasteiger partial charge in [0.05, 0.1) is 9.79 Å². The van der Waals surface area contributed by atoms with Crippen molar-refractivity contribution in [1.82, 2.24) is 0 Å². The molecule has 4 N–H and O–H groups in total. The highest BCUT2D eigenvalue weighted by atomic mass is 32.2. The SMILES string of the molecule is CC(C)(N)Oc1ccc(-c2ccc(Oc3ccc(S(=O)(=O)c4ccc(C(C)(C)N)cc4)cc3)cc2)cc1. The van der Waals surface area contributed by atoms with Crippen LogP contribution in [0.1, 0.15) is 33.3 Å². The van der Waals surface area contributed by atoms with Crippen molar-refractivity contribution in [1.29, 1.82) is 0 Å². The summed E-state index contributed by atoms with van der Waals surface area (Å²) in [6.45, 7) is 7.35. The Hall–Kier alpha value is -3.65. The Kier molecular flexibility index (Phi) is 7.15. The molecule has 0 aromatic heterocycles. The normalized spacial score (nSPS) is 12.3. The molecule has 0 fully saturated rings. The molecule has 0 spiro atoms. The van der Waals surface area contributed by atoms with Crippen LogP contribution in [-0.2, 0) is 15.4 Å². The molecular formula is C30H32N2O4S. The fourth-order valence-corrected chi connectivity index (χ4v) is 5.02. The molecule has 0 saturated carbocycles. The lowest BCUT2D eigenvalue weighted by molar-refractivity contribution is 0.117. The Bertz CT molecular complexity index is 1450. The summed E-state index contributed by atoms with van der Waals surface area (Å²) in [6.07, 6.45) is 0. The van der Waals surface area contributed by atoms with Crippen LogP contribution in [-0.4, -0.2) is 14.1 Å². The first-order valence-electron chi connectivity index (χ1n) is 11.9. The van der Waals surface area contributed by atoms with E-state index in [1.807, 2.05) is 62.4 Å². The third-order valence-electron chi connectivity index (χ3n) is 5.70. The average molecular weight is 517 g/mol. The van der Waals surface area contributed by atoms with Crippen LogP contribution in [0.5, 0.6) is 17.2 Å². The maximum Gasteiger partial charge on any atom is 0.206 e. The highest BCUT2D eigenvalue weighted by molar-refractivity contribution is 7.91. The van der Waals surface area contributed by atoms with Gasteiger partial charge in [-0.15, -0.1) is 0 Å². The minimum atomic E-state index is -3.65. The first kappa shape index (κ1) is 26.4. The molecule has 37 heavy (non-hydrogen) atoms. The van der Waals surface area contributed by atoms with Gasteiger partial charge >= 0.3 is 0 Å². The summed E-state index contributed by atoms with van der Waals surface area (Å²) in [7, 11) is -3.65. The molecule has 0 aliphatic carbocycles. The van der Waals surface area contributed by atoms with Gasteiger partial charge < -0.3 is 15.2 Å². The van der Waals surface area contributed by atoms with Crippen LogP contribution in [0.4, 0.5) is 0 Å². The van der Waals surface area contributed by atoms with Crippen molar-refractivity contribution in [3.05, 3.63) is 103 Å². The van der Waals surface area contributed by atoms with E-state index < -0.39 is 21.1 Å². The number of benzene rings is 4. The van der Waals surface area contributed by atoms with Gasteiger partial charge in [-0.1, -0.05) is 36.4 Å². The van der Waals surface area contributed by atoms with Gasteiger partial charge in [0, 0.05) is 5.54 Å². The van der Waals surface area contributed by atoms with Crippen molar-refractivity contribution in [2.24, 2.45) is 11.5 Å². The monoisotopic (exact) mass is 516 g/mol. The lowest BCUT2D eigenvalue weighted by Crippen LogP contribution is -2.38. The molecule has 0 radical (unpaired) electrons. The highest BCUT2D eigenvalue weighted by Crippen LogP contribution is 2.30. The van der Waals surface area contributed by atoms with Gasteiger partial charge in [0.25, 0.3) is 0 Å². The minimum absolute atomic E-state index is 0.195. The summed E-state index contributed by atoms with van der Waals surface area (Å²) in [6, 6.07) is 28.4. The van der Waals surface area contributed by atoms with Crippen LogP contribution < -0.4 is 20.9 Å². The summed E-state index contributed by atoms with van der Waals surface area (Å²) in [5.41, 5.74) is 13.6. The second kappa shape index (κ2) is 10.0. The number of hydrogen-bond acceptors (Lipinski definition) is 6. The van der Waals surface area contributed by atoms with Gasteiger partial charge in [-0.05, 0) is 105 Å². The Morgan fingerprint density at radius 3 is 1.35 bits per heavy atom. The van der Waals surface area contributed by atoms with Crippen molar-refractivity contribution in [3.8, 4) is 28.4 Å². The topological polar surface area (TPSA) is 105 Å². The molecule has 0 amide bonds. The van der Waals surface area contributed by atoms with E-state index in [2.05, 4.69) is 0 Å². The zero-order chi connectivity index (χ0) is 26.8. The quantitative estimate of drug-likeness (QED) is 0.268. The maximum atomic E-state index is 13.0. The van der Waals surface area contributed by atoms with Crippen LogP contribution in [0.25, 0.3) is 11.1 Å². The molecule has 4 aromatic rings. The number of sulfone groups is 1. The molecule has 6 nitrogen and oxygen atoms in total. The van der Waals surface area contributed by atoms with E-state index in [1.165, 1.54) is 0 Å². The fourth-order valence-electron chi connectivity index (χ4n) is 3.76. The number of ether oxygens (including phenoxy) is 2. The van der Waals surface area contributed by atoms with Gasteiger partial charge in [0.2, 0.25) is 9.84 Å². The lowest BCUT2D eigenvalue weighted by atomic mass is 9.96. The van der Waals surface area contributed by atoms with Crippen molar-refractivity contribution < 1.29 is 17.9 Å². The zero-order valence-electron chi connectivity index (χ0n) is 21.4. The zero-order valence-corrected chi connectivity index (χ0v) is 22.3. The third kappa shape index (κ3) is 6.57. The Morgan fingerprint density at radius 1 is 0.568 bits per heavy atom. The molecule has 192 valence electrons. The summed E-state index contributed by atoms with van der Waals surface area (Å²) in [5, 5.41) is 0. The molecule has 7 heteroatoms. The summed E-state index contributed by atoms with van der Waals surface area (Å²) in [4.78, 5) is 0.413. The van der Waals surface area contributed by atoms with Gasteiger partial charge in [-0.2, -0.15) is 0 Å². The van der Waals surface area contributed by atoms with Crippen LogP contribution in [0.3, 0.4) is 0 Å². The van der Waals surface area contributed by atoms with Crippen LogP contribution in [0.2, 0.25) is 0 Å². The predicted octanol–water partition coefficient (Wildman–Crippen LogP) is 6.25. The van der Waals surface area contributed by atoms with E-state index in [0.717, 1.165) is 16.7 Å². The van der Waals surface area contributed by atoms with Gasteiger partial charge in [-0.3, -0.25) is 5.73 Å². The van der Waals surface area contributed by atoms with Crippen LogP contribution in [0, 0.1) is 0 Å². The van der Waals surface area contributed by atoms with E-state index >= 15 is 0 Å². The molecule has 0 unspecified atom stereocenters. The largest absolute Gasteiger partial charge is 0.474 e. The van der Waals surface area contributed by atoms with Crippen LogP contribution in [0.15, 0.2) is 107 Å². The Morgan fingerprint density at radius 2 is 0.946 bits per heavy atom. The molecule has 0 aliphatic rings. The van der Waals surface area contributed by atoms with E-state index in [4.69, 9.17) is 20.9 Å². The van der Waals surface area contributed by atoms with E-state index in [-0.39, 0.29) is 9.79 Å². The maximum absolute atomic E-state index is 13.0. The fraction of sp³-hybridized carbons (Fsp3) is 0.200. The van der Waals surface area contributed by atoms with Crippen molar-refractivity contribution >= 4 is 9.84 Å². The van der Waals surface area contributed by atoms with E-state index in [1.54, 1.807) is 62.4 Å². The smallest absolute Gasteiger partial charge is 0.206 e. The molecule has 0 aliphatic heterocycles. The number of hydrogen-bond donors (Lipinski definition) is 2. The van der Waals surface area contributed by atoms with Gasteiger partial charge in [0.15, 0.2) is 5.72 Å². The minimum Gasteiger partial charge on any atom is -0.474 e. The lowest BCUT2D eigenvalue weighted by Gasteiger charge is -2.21. The highest BCUT2D eigenvalue weighted by Gasteiger charge is 2.20. The second-order valence-corrected chi connectivity index (χ2v) is 12.0. The summed E-state index contributed by atoms with van der Waals surface area (Å²) >= 11 is 0. The number of nitrogens with two attached hydrogens (primary N) is 2. The number of rotatable bonds is 8. The van der Waals surface area contributed by atoms with E-state index in [9.17, 15) is 8.42 Å². The summed E-state index contributed by atoms with van der Waals surface area (Å²) in [5.74, 6) is 1.89. The molecule has 0 saturated heterocycles. The van der Waals surface area contributed by atoms with Crippen molar-refractivity contribution in [3.63, 3.8) is 0 Å². The van der Waals surface area contributed by atoms with E-state index in [0.29, 0.717) is 17.2 Å².